The minimum atomic E-state index is -0.191. The number of anilines is 2. The van der Waals surface area contributed by atoms with Crippen LogP contribution in [-0.2, 0) is 0 Å². The van der Waals surface area contributed by atoms with Crippen LogP contribution in [0.15, 0.2) is 29.6 Å². The summed E-state index contributed by atoms with van der Waals surface area (Å²) in [5, 5.41) is 6.62. The molecule has 0 aliphatic carbocycles. The molecule has 138 valence electrons. The first-order valence-electron chi connectivity index (χ1n) is 8.79. The van der Waals surface area contributed by atoms with Gasteiger partial charge in [-0.2, -0.15) is 0 Å². The molecule has 3 aromatic rings. The monoisotopic (exact) mass is 370 g/mol. The number of thiazole rings is 1. The molecule has 0 fully saturated rings. The Hall–Kier alpha value is -2.34. The lowest BCUT2D eigenvalue weighted by molar-refractivity contribution is 0.102. The summed E-state index contributed by atoms with van der Waals surface area (Å²) in [4.78, 5) is 22.0. The number of fused-ring (bicyclic) bond motifs is 1. The van der Waals surface area contributed by atoms with Crippen molar-refractivity contribution in [2.75, 3.05) is 23.8 Å². The van der Waals surface area contributed by atoms with Crippen molar-refractivity contribution in [3.8, 4) is 0 Å². The highest BCUT2D eigenvalue weighted by molar-refractivity contribution is 7.09. The Morgan fingerprint density at radius 2 is 2.08 bits per heavy atom. The smallest absolute Gasteiger partial charge is 0.276 e. The van der Waals surface area contributed by atoms with Gasteiger partial charge in [-0.3, -0.25) is 4.79 Å². The van der Waals surface area contributed by atoms with Gasteiger partial charge in [-0.15, -0.1) is 11.3 Å². The van der Waals surface area contributed by atoms with Crippen molar-refractivity contribution in [1.29, 1.82) is 0 Å². The molecule has 0 aliphatic heterocycles. The van der Waals surface area contributed by atoms with Crippen LogP contribution in [0.2, 0.25) is 0 Å². The molecule has 2 heterocycles. The average molecular weight is 371 g/mol. The zero-order valence-electron chi connectivity index (χ0n) is 16.0. The van der Waals surface area contributed by atoms with E-state index in [4.69, 9.17) is 0 Å². The lowest BCUT2D eigenvalue weighted by Crippen LogP contribution is -2.22. The molecule has 0 radical (unpaired) electrons. The number of H-pyrrole nitrogens is 1. The van der Waals surface area contributed by atoms with Crippen LogP contribution < -0.4 is 10.2 Å². The van der Waals surface area contributed by atoms with Crippen molar-refractivity contribution in [3.63, 3.8) is 0 Å². The van der Waals surface area contributed by atoms with E-state index in [2.05, 4.69) is 66.2 Å². The number of aryl methyl sites for hydroxylation is 1. The fourth-order valence-electron chi connectivity index (χ4n) is 2.71. The standard InChI is InChI=1S/C20H26N4OS/c1-13-21-17(12-26-13)19(25)23-18-10-14-6-7-15(11-16(14)22-18)24(5)9-8-20(2,3)4/h6-7,10-12,22H,8-9H2,1-5H3,(H,23,25). The van der Waals surface area contributed by atoms with Gasteiger partial charge in [0.05, 0.1) is 5.01 Å². The van der Waals surface area contributed by atoms with Gasteiger partial charge < -0.3 is 15.2 Å². The van der Waals surface area contributed by atoms with E-state index in [0.717, 1.165) is 34.6 Å². The van der Waals surface area contributed by atoms with Gasteiger partial charge in [-0.05, 0) is 37.0 Å². The molecule has 2 N–H and O–H groups in total. The summed E-state index contributed by atoms with van der Waals surface area (Å²) in [6.45, 7) is 9.67. The molecule has 5 nitrogen and oxygen atoms in total. The summed E-state index contributed by atoms with van der Waals surface area (Å²) < 4.78 is 0. The van der Waals surface area contributed by atoms with Crippen molar-refractivity contribution in [2.45, 2.75) is 34.1 Å². The van der Waals surface area contributed by atoms with Crippen LogP contribution >= 0.6 is 11.3 Å². The Labute approximate surface area is 158 Å². The first kappa shape index (κ1) is 18.5. The maximum absolute atomic E-state index is 12.3. The number of benzene rings is 1. The minimum Gasteiger partial charge on any atom is -0.375 e. The highest BCUT2D eigenvalue weighted by Crippen LogP contribution is 2.26. The Bertz CT molecular complexity index is 919. The van der Waals surface area contributed by atoms with Gasteiger partial charge in [0.25, 0.3) is 5.91 Å². The molecule has 3 rings (SSSR count). The van der Waals surface area contributed by atoms with Gasteiger partial charge in [-0.1, -0.05) is 26.8 Å². The third kappa shape index (κ3) is 4.43. The van der Waals surface area contributed by atoms with Gasteiger partial charge >= 0.3 is 0 Å². The molecular weight excluding hydrogens is 344 g/mol. The van der Waals surface area contributed by atoms with Crippen LogP contribution in [0.25, 0.3) is 10.9 Å². The summed E-state index contributed by atoms with van der Waals surface area (Å²) in [6, 6.07) is 8.28. The zero-order chi connectivity index (χ0) is 18.9. The van der Waals surface area contributed by atoms with Gasteiger partial charge in [0.15, 0.2) is 0 Å². The first-order chi connectivity index (χ1) is 12.2. The molecule has 0 unspecified atom stereocenters. The number of carbonyl (C=O) groups excluding carboxylic acids is 1. The Morgan fingerprint density at radius 1 is 1.31 bits per heavy atom. The number of nitrogens with zero attached hydrogens (tertiary/aromatic N) is 2. The number of hydrogen-bond acceptors (Lipinski definition) is 4. The number of aromatic nitrogens is 2. The number of aromatic amines is 1. The lowest BCUT2D eigenvalue weighted by Gasteiger charge is -2.25. The van der Waals surface area contributed by atoms with Crippen molar-refractivity contribution in [2.24, 2.45) is 5.41 Å². The summed E-state index contributed by atoms with van der Waals surface area (Å²) >= 11 is 1.47. The van der Waals surface area contributed by atoms with Crippen LogP contribution in [0, 0.1) is 12.3 Å². The van der Waals surface area contributed by atoms with E-state index in [0.29, 0.717) is 16.9 Å². The van der Waals surface area contributed by atoms with Crippen LogP contribution in [0.5, 0.6) is 0 Å². The Balaban J connectivity index is 1.73. The number of carbonyl (C=O) groups is 1. The van der Waals surface area contributed by atoms with E-state index in [1.54, 1.807) is 5.38 Å². The van der Waals surface area contributed by atoms with E-state index in [1.165, 1.54) is 11.3 Å². The molecule has 2 aromatic heterocycles. The van der Waals surface area contributed by atoms with E-state index in [9.17, 15) is 4.79 Å². The van der Waals surface area contributed by atoms with Gasteiger partial charge in [0.2, 0.25) is 0 Å². The quantitative estimate of drug-likeness (QED) is 0.660. The van der Waals surface area contributed by atoms with Crippen molar-refractivity contribution < 1.29 is 4.79 Å². The van der Waals surface area contributed by atoms with Crippen molar-refractivity contribution >= 4 is 39.7 Å². The molecule has 0 saturated carbocycles. The first-order valence-corrected chi connectivity index (χ1v) is 9.67. The molecule has 1 aromatic carbocycles. The van der Waals surface area contributed by atoms with Gasteiger partial charge in [-0.25, -0.2) is 4.98 Å². The van der Waals surface area contributed by atoms with Crippen LogP contribution in [0.3, 0.4) is 0 Å². The molecule has 0 aliphatic rings. The molecule has 0 saturated heterocycles. The van der Waals surface area contributed by atoms with Crippen LogP contribution in [0.4, 0.5) is 11.5 Å². The minimum absolute atomic E-state index is 0.191. The molecule has 26 heavy (non-hydrogen) atoms. The highest BCUT2D eigenvalue weighted by atomic mass is 32.1. The lowest BCUT2D eigenvalue weighted by atomic mass is 9.92. The predicted octanol–water partition coefficient (Wildman–Crippen LogP) is 5.06. The number of rotatable bonds is 5. The second-order valence-corrected chi connectivity index (χ2v) is 8.95. The normalized spacial score (nSPS) is 11.7. The van der Waals surface area contributed by atoms with Crippen molar-refractivity contribution in [3.05, 3.63) is 40.3 Å². The average Bonchev–Trinajstić information content (AvgIpc) is 3.16. The summed E-state index contributed by atoms with van der Waals surface area (Å²) in [7, 11) is 2.11. The summed E-state index contributed by atoms with van der Waals surface area (Å²) in [5.41, 5.74) is 2.94. The molecular formula is C20H26N4OS. The fourth-order valence-corrected chi connectivity index (χ4v) is 3.30. The predicted molar refractivity (Wildman–Crippen MR) is 110 cm³/mol. The summed E-state index contributed by atoms with van der Waals surface area (Å²) in [5.74, 6) is 0.494. The topological polar surface area (TPSA) is 61.0 Å². The molecule has 0 spiro atoms. The van der Waals surface area contributed by atoms with E-state index in [-0.39, 0.29) is 5.91 Å². The van der Waals surface area contributed by atoms with Crippen LogP contribution in [0.1, 0.15) is 42.7 Å². The highest BCUT2D eigenvalue weighted by Gasteiger charge is 2.13. The molecule has 0 atom stereocenters. The SMILES string of the molecule is Cc1nc(C(=O)Nc2cc3ccc(N(C)CCC(C)(C)C)cc3[nH]2)cs1. The number of nitrogens with one attached hydrogen (secondary N) is 2. The van der Waals surface area contributed by atoms with Crippen LogP contribution in [-0.4, -0.2) is 29.5 Å². The number of amides is 1. The number of hydrogen-bond donors (Lipinski definition) is 2. The van der Waals surface area contributed by atoms with Crippen molar-refractivity contribution in [1.82, 2.24) is 9.97 Å². The largest absolute Gasteiger partial charge is 0.375 e. The Kier molecular flexibility index (Phi) is 5.05. The zero-order valence-corrected chi connectivity index (χ0v) is 16.8. The second kappa shape index (κ2) is 7.11. The Morgan fingerprint density at radius 3 is 2.73 bits per heavy atom. The molecule has 0 bridgehead atoms. The second-order valence-electron chi connectivity index (χ2n) is 7.89. The fraction of sp³-hybridized carbons (Fsp3) is 0.400. The van der Waals surface area contributed by atoms with Gasteiger partial charge in [0.1, 0.15) is 11.5 Å². The maximum atomic E-state index is 12.3. The van der Waals surface area contributed by atoms with E-state index >= 15 is 0 Å². The van der Waals surface area contributed by atoms with E-state index < -0.39 is 0 Å². The van der Waals surface area contributed by atoms with E-state index in [1.807, 2.05) is 13.0 Å². The molecule has 6 heteroatoms. The van der Waals surface area contributed by atoms with Gasteiger partial charge in [0, 0.05) is 35.6 Å². The summed E-state index contributed by atoms with van der Waals surface area (Å²) in [6.07, 6.45) is 1.13. The molecule has 1 amide bonds. The third-order valence-electron chi connectivity index (χ3n) is 4.34. The third-order valence-corrected chi connectivity index (χ3v) is 5.12. The maximum Gasteiger partial charge on any atom is 0.276 e.